The number of methoxy groups -OCH3 is 1. The van der Waals surface area contributed by atoms with Gasteiger partial charge in [-0.2, -0.15) is 0 Å². The van der Waals surface area contributed by atoms with Crippen molar-refractivity contribution in [3.8, 4) is 0 Å². The average molecular weight is 315 g/mol. The molecule has 118 valence electrons. The first-order valence-corrected chi connectivity index (χ1v) is 6.55. The minimum Gasteiger partial charge on any atom is -0.468 e. The monoisotopic (exact) mass is 314 g/mol. The summed E-state index contributed by atoms with van der Waals surface area (Å²) in [7, 11) is 3.18. The standard InChI is InChI=1S/C15H22N2O3.ClH/c1-15(2,14(19)20-4)11-5-7-12(8-6-11)17-13(18)9-10-16-3;/h5-8,16H,9-10H2,1-4H3,(H,17,18);1H. The van der Waals surface area contributed by atoms with Crippen LogP contribution in [0.15, 0.2) is 24.3 Å². The zero-order chi connectivity index (χ0) is 15.2. The van der Waals surface area contributed by atoms with Crippen molar-refractivity contribution in [2.45, 2.75) is 25.7 Å². The Kier molecular flexibility index (Phi) is 7.99. The molecule has 0 bridgehead atoms. The number of amides is 1. The van der Waals surface area contributed by atoms with Crippen molar-refractivity contribution in [1.29, 1.82) is 0 Å². The molecular weight excluding hydrogens is 292 g/mol. The molecule has 0 unspecified atom stereocenters. The van der Waals surface area contributed by atoms with Gasteiger partial charge in [-0.3, -0.25) is 9.59 Å². The van der Waals surface area contributed by atoms with Crippen molar-refractivity contribution in [3.63, 3.8) is 0 Å². The van der Waals surface area contributed by atoms with Gasteiger partial charge in [0.15, 0.2) is 0 Å². The molecule has 0 aliphatic heterocycles. The summed E-state index contributed by atoms with van der Waals surface area (Å²) >= 11 is 0. The van der Waals surface area contributed by atoms with Gasteiger partial charge in [-0.25, -0.2) is 0 Å². The Morgan fingerprint density at radius 2 is 1.76 bits per heavy atom. The number of carbonyl (C=O) groups is 2. The van der Waals surface area contributed by atoms with Crippen LogP contribution in [-0.2, 0) is 19.7 Å². The Bertz CT molecular complexity index is 472. The van der Waals surface area contributed by atoms with Crippen LogP contribution in [-0.4, -0.2) is 32.6 Å². The van der Waals surface area contributed by atoms with Crippen LogP contribution >= 0.6 is 12.4 Å². The average Bonchev–Trinajstić information content (AvgIpc) is 2.44. The smallest absolute Gasteiger partial charge is 0.315 e. The van der Waals surface area contributed by atoms with E-state index in [0.717, 1.165) is 11.3 Å². The first kappa shape index (κ1) is 19.4. The number of rotatable bonds is 6. The second-order valence-corrected chi connectivity index (χ2v) is 5.10. The van der Waals surface area contributed by atoms with Crippen LogP contribution in [0.5, 0.6) is 0 Å². The van der Waals surface area contributed by atoms with Gasteiger partial charge in [0.1, 0.15) is 0 Å². The third kappa shape index (κ3) is 5.36. The number of nitrogens with one attached hydrogen (secondary N) is 2. The van der Waals surface area contributed by atoms with Crippen LogP contribution in [0.1, 0.15) is 25.8 Å². The van der Waals surface area contributed by atoms with E-state index < -0.39 is 5.41 Å². The van der Waals surface area contributed by atoms with Crippen molar-refractivity contribution in [2.24, 2.45) is 0 Å². The number of carbonyl (C=O) groups excluding carboxylic acids is 2. The van der Waals surface area contributed by atoms with Gasteiger partial charge in [0, 0.05) is 18.7 Å². The largest absolute Gasteiger partial charge is 0.468 e. The number of hydrogen-bond donors (Lipinski definition) is 2. The van der Waals surface area contributed by atoms with Gasteiger partial charge in [-0.15, -0.1) is 12.4 Å². The number of ether oxygens (including phenoxy) is 1. The molecule has 1 rings (SSSR count). The maximum absolute atomic E-state index is 11.7. The maximum atomic E-state index is 11.7. The molecule has 0 spiro atoms. The molecule has 0 saturated carbocycles. The summed E-state index contributed by atoms with van der Waals surface area (Å²) in [4.78, 5) is 23.3. The highest BCUT2D eigenvalue weighted by molar-refractivity contribution is 5.91. The van der Waals surface area contributed by atoms with E-state index in [4.69, 9.17) is 4.74 Å². The second-order valence-electron chi connectivity index (χ2n) is 5.10. The summed E-state index contributed by atoms with van der Waals surface area (Å²) in [6, 6.07) is 7.23. The van der Waals surface area contributed by atoms with Gasteiger partial charge < -0.3 is 15.4 Å². The fraction of sp³-hybridized carbons (Fsp3) is 0.467. The lowest BCUT2D eigenvalue weighted by Crippen LogP contribution is -2.30. The first-order valence-electron chi connectivity index (χ1n) is 6.55. The summed E-state index contributed by atoms with van der Waals surface area (Å²) in [6.07, 6.45) is 0.423. The molecule has 0 aromatic heterocycles. The van der Waals surface area contributed by atoms with E-state index in [1.165, 1.54) is 7.11 Å². The summed E-state index contributed by atoms with van der Waals surface area (Å²) in [5.74, 6) is -0.331. The highest BCUT2D eigenvalue weighted by Gasteiger charge is 2.30. The van der Waals surface area contributed by atoms with Gasteiger partial charge in [0.2, 0.25) is 5.91 Å². The van der Waals surface area contributed by atoms with Gasteiger partial charge in [-0.05, 0) is 38.6 Å². The Balaban J connectivity index is 0.00000400. The predicted octanol–water partition coefficient (Wildman–Crippen LogP) is 2.11. The van der Waals surface area contributed by atoms with Crippen molar-refractivity contribution in [2.75, 3.05) is 26.0 Å². The van der Waals surface area contributed by atoms with E-state index in [2.05, 4.69) is 10.6 Å². The zero-order valence-electron chi connectivity index (χ0n) is 12.9. The zero-order valence-corrected chi connectivity index (χ0v) is 13.7. The predicted molar refractivity (Wildman–Crippen MR) is 85.9 cm³/mol. The van der Waals surface area contributed by atoms with E-state index in [0.29, 0.717) is 13.0 Å². The van der Waals surface area contributed by atoms with Crippen molar-refractivity contribution < 1.29 is 14.3 Å². The molecule has 0 saturated heterocycles. The molecule has 0 aliphatic rings. The molecule has 0 fully saturated rings. The summed E-state index contributed by atoms with van der Waals surface area (Å²) in [5, 5.41) is 5.72. The Morgan fingerprint density at radius 3 is 2.24 bits per heavy atom. The molecule has 0 radical (unpaired) electrons. The third-order valence-electron chi connectivity index (χ3n) is 3.19. The summed E-state index contributed by atoms with van der Waals surface area (Å²) < 4.78 is 4.79. The molecule has 0 aliphatic carbocycles. The molecule has 6 heteroatoms. The van der Waals surface area contributed by atoms with Crippen LogP contribution < -0.4 is 10.6 Å². The topological polar surface area (TPSA) is 67.4 Å². The SMILES string of the molecule is CNCCC(=O)Nc1ccc(C(C)(C)C(=O)OC)cc1.Cl. The number of benzene rings is 1. The van der Waals surface area contributed by atoms with Gasteiger partial charge in [0.25, 0.3) is 0 Å². The highest BCUT2D eigenvalue weighted by atomic mass is 35.5. The van der Waals surface area contributed by atoms with E-state index in [9.17, 15) is 9.59 Å². The molecule has 5 nitrogen and oxygen atoms in total. The molecule has 0 atom stereocenters. The lowest BCUT2D eigenvalue weighted by atomic mass is 9.85. The van der Waals surface area contributed by atoms with Crippen LogP contribution in [0.3, 0.4) is 0 Å². The Labute approximate surface area is 131 Å². The van der Waals surface area contributed by atoms with Crippen LogP contribution in [0.25, 0.3) is 0 Å². The lowest BCUT2D eigenvalue weighted by molar-refractivity contribution is -0.146. The summed E-state index contributed by atoms with van der Waals surface area (Å²) in [5.41, 5.74) is 0.858. The van der Waals surface area contributed by atoms with E-state index in [-0.39, 0.29) is 24.3 Å². The van der Waals surface area contributed by atoms with E-state index in [1.54, 1.807) is 33.0 Å². The lowest BCUT2D eigenvalue weighted by Gasteiger charge is -2.22. The Morgan fingerprint density at radius 1 is 1.19 bits per heavy atom. The fourth-order valence-corrected chi connectivity index (χ4v) is 1.81. The molecule has 1 amide bonds. The molecule has 0 heterocycles. The van der Waals surface area contributed by atoms with Gasteiger partial charge in [-0.1, -0.05) is 12.1 Å². The highest BCUT2D eigenvalue weighted by Crippen LogP contribution is 2.25. The molecular formula is C15H23ClN2O3. The van der Waals surface area contributed by atoms with Crippen LogP contribution in [0.2, 0.25) is 0 Å². The number of halogens is 1. The Hall–Kier alpha value is -1.59. The normalized spacial score (nSPS) is 10.5. The molecule has 1 aromatic carbocycles. The molecule has 1 aromatic rings. The quantitative estimate of drug-likeness (QED) is 0.789. The van der Waals surface area contributed by atoms with Crippen LogP contribution in [0.4, 0.5) is 5.69 Å². The number of hydrogen-bond acceptors (Lipinski definition) is 4. The summed E-state index contributed by atoms with van der Waals surface area (Å²) in [6.45, 7) is 4.25. The maximum Gasteiger partial charge on any atom is 0.315 e. The van der Waals surface area contributed by atoms with Gasteiger partial charge in [0.05, 0.1) is 12.5 Å². The van der Waals surface area contributed by atoms with Crippen molar-refractivity contribution in [1.82, 2.24) is 5.32 Å². The molecule has 21 heavy (non-hydrogen) atoms. The van der Waals surface area contributed by atoms with E-state index in [1.807, 2.05) is 12.1 Å². The first-order chi connectivity index (χ1) is 9.41. The molecule has 2 N–H and O–H groups in total. The number of esters is 1. The van der Waals surface area contributed by atoms with Crippen molar-refractivity contribution >= 4 is 30.0 Å². The van der Waals surface area contributed by atoms with Crippen molar-refractivity contribution in [3.05, 3.63) is 29.8 Å². The number of anilines is 1. The van der Waals surface area contributed by atoms with Gasteiger partial charge >= 0.3 is 5.97 Å². The fourth-order valence-electron chi connectivity index (χ4n) is 1.81. The van der Waals surface area contributed by atoms with Crippen LogP contribution in [0, 0.1) is 0 Å². The minimum atomic E-state index is -0.705. The third-order valence-corrected chi connectivity index (χ3v) is 3.19. The minimum absolute atomic E-state index is 0. The second kappa shape index (κ2) is 8.64. The van der Waals surface area contributed by atoms with E-state index >= 15 is 0 Å².